The van der Waals surface area contributed by atoms with Crippen molar-refractivity contribution in [1.29, 1.82) is 0 Å². The summed E-state index contributed by atoms with van der Waals surface area (Å²) in [6.07, 6.45) is 2.05. The summed E-state index contributed by atoms with van der Waals surface area (Å²) >= 11 is 1.55. The van der Waals surface area contributed by atoms with Gasteiger partial charge in [-0.2, -0.15) is 11.3 Å². The first-order valence-corrected chi connectivity index (χ1v) is 9.70. The average molecular weight is 387 g/mol. The monoisotopic (exact) mass is 387 g/mol. The Bertz CT molecular complexity index is 926. The number of hydrogen-bond acceptors (Lipinski definition) is 6. The van der Waals surface area contributed by atoms with Crippen molar-refractivity contribution in [3.8, 4) is 17.2 Å². The van der Waals surface area contributed by atoms with E-state index in [-0.39, 0.29) is 24.2 Å². The Morgan fingerprint density at radius 1 is 1.33 bits per heavy atom. The molecule has 0 spiro atoms. The van der Waals surface area contributed by atoms with Crippen LogP contribution in [0.5, 0.6) is 5.75 Å². The lowest BCUT2D eigenvalue weighted by Crippen LogP contribution is -2.28. The first-order chi connectivity index (χ1) is 13.2. The standard InChI is InChI=1S/C19H18FN3O3S/c20-13-3-4-16-14(10-13)15(2-1-8-25-16)21-17(24)5-6-18-22-23-19(26-18)12-7-9-27-11-12/h3-4,7,9-11,15H,1-2,5-6,8H2,(H,21,24)/t15-/m1/s1. The third kappa shape index (κ3) is 4.16. The highest BCUT2D eigenvalue weighted by atomic mass is 32.1. The van der Waals surface area contributed by atoms with E-state index in [9.17, 15) is 9.18 Å². The number of rotatable bonds is 5. The Morgan fingerprint density at radius 2 is 2.26 bits per heavy atom. The van der Waals surface area contributed by atoms with Crippen LogP contribution in [0.1, 0.15) is 36.8 Å². The van der Waals surface area contributed by atoms with Gasteiger partial charge < -0.3 is 14.5 Å². The zero-order valence-electron chi connectivity index (χ0n) is 14.5. The van der Waals surface area contributed by atoms with Gasteiger partial charge in [-0.3, -0.25) is 4.79 Å². The number of amides is 1. The van der Waals surface area contributed by atoms with Crippen LogP contribution >= 0.6 is 11.3 Å². The molecule has 6 nitrogen and oxygen atoms in total. The normalized spacial score (nSPS) is 16.3. The van der Waals surface area contributed by atoms with Crippen molar-refractivity contribution in [2.24, 2.45) is 0 Å². The molecule has 1 N–H and O–H groups in total. The number of aromatic nitrogens is 2. The quantitative estimate of drug-likeness (QED) is 0.718. The van der Waals surface area contributed by atoms with Crippen LogP contribution in [-0.4, -0.2) is 22.7 Å². The molecule has 0 radical (unpaired) electrons. The van der Waals surface area contributed by atoms with Gasteiger partial charge in [0.2, 0.25) is 17.7 Å². The van der Waals surface area contributed by atoms with E-state index in [1.165, 1.54) is 12.1 Å². The largest absolute Gasteiger partial charge is 0.493 e. The molecule has 1 aromatic carbocycles. The Labute approximate surface area is 159 Å². The minimum Gasteiger partial charge on any atom is -0.493 e. The van der Waals surface area contributed by atoms with Crippen molar-refractivity contribution < 1.29 is 18.3 Å². The van der Waals surface area contributed by atoms with Gasteiger partial charge in [-0.05, 0) is 42.5 Å². The molecule has 0 saturated carbocycles. The second-order valence-corrected chi connectivity index (χ2v) is 7.09. The summed E-state index contributed by atoms with van der Waals surface area (Å²) in [5.74, 6) is 1.01. The highest BCUT2D eigenvalue weighted by molar-refractivity contribution is 7.08. The molecule has 0 unspecified atom stereocenters. The number of hydrogen-bond donors (Lipinski definition) is 1. The summed E-state index contributed by atoms with van der Waals surface area (Å²) in [6.45, 7) is 0.554. The number of carbonyl (C=O) groups excluding carboxylic acids is 1. The van der Waals surface area contributed by atoms with Gasteiger partial charge in [-0.15, -0.1) is 10.2 Å². The lowest BCUT2D eigenvalue weighted by atomic mass is 10.0. The van der Waals surface area contributed by atoms with E-state index in [1.807, 2.05) is 16.8 Å². The highest BCUT2D eigenvalue weighted by Crippen LogP contribution is 2.32. The van der Waals surface area contributed by atoms with E-state index in [0.29, 0.717) is 42.5 Å². The first kappa shape index (κ1) is 17.7. The van der Waals surface area contributed by atoms with Gasteiger partial charge in [0, 0.05) is 29.3 Å². The molecule has 140 valence electrons. The predicted octanol–water partition coefficient (Wildman–Crippen LogP) is 3.90. The molecule has 0 saturated heterocycles. The van der Waals surface area contributed by atoms with Crippen LogP contribution in [0.25, 0.3) is 11.5 Å². The van der Waals surface area contributed by atoms with Crippen molar-refractivity contribution in [3.63, 3.8) is 0 Å². The summed E-state index contributed by atoms with van der Waals surface area (Å²) in [7, 11) is 0. The van der Waals surface area contributed by atoms with Crippen LogP contribution in [0.3, 0.4) is 0 Å². The van der Waals surface area contributed by atoms with Gasteiger partial charge in [0.25, 0.3) is 0 Å². The van der Waals surface area contributed by atoms with Crippen molar-refractivity contribution in [2.45, 2.75) is 31.7 Å². The van der Waals surface area contributed by atoms with Crippen LogP contribution in [0.2, 0.25) is 0 Å². The summed E-state index contributed by atoms with van der Waals surface area (Å²) in [6, 6.07) is 6.04. The number of benzene rings is 1. The Hall–Kier alpha value is -2.74. The molecule has 2 aromatic heterocycles. The number of ether oxygens (including phenoxy) is 1. The molecule has 1 aliphatic rings. The minimum absolute atomic E-state index is 0.146. The average Bonchev–Trinajstić information content (AvgIpc) is 3.31. The summed E-state index contributed by atoms with van der Waals surface area (Å²) in [5, 5.41) is 14.8. The van der Waals surface area contributed by atoms with Crippen molar-refractivity contribution >= 4 is 17.2 Å². The SMILES string of the molecule is O=C(CCc1nnc(-c2ccsc2)o1)N[C@@H]1CCCOc2ccc(F)cc21. The lowest BCUT2D eigenvalue weighted by molar-refractivity contribution is -0.121. The molecule has 8 heteroatoms. The number of nitrogens with one attached hydrogen (secondary N) is 1. The topological polar surface area (TPSA) is 77.2 Å². The number of fused-ring (bicyclic) bond motifs is 1. The maximum absolute atomic E-state index is 13.6. The zero-order valence-corrected chi connectivity index (χ0v) is 15.3. The smallest absolute Gasteiger partial charge is 0.248 e. The van der Waals surface area contributed by atoms with Gasteiger partial charge in [-0.25, -0.2) is 4.39 Å². The summed E-state index contributed by atoms with van der Waals surface area (Å²) in [5.41, 5.74) is 1.55. The van der Waals surface area contributed by atoms with E-state index in [2.05, 4.69) is 15.5 Å². The summed E-state index contributed by atoms with van der Waals surface area (Å²) in [4.78, 5) is 12.4. The molecule has 0 bridgehead atoms. The number of nitrogens with zero attached hydrogens (tertiary/aromatic N) is 2. The molecule has 27 heavy (non-hydrogen) atoms. The van der Waals surface area contributed by atoms with E-state index in [4.69, 9.17) is 9.15 Å². The number of thiophene rings is 1. The van der Waals surface area contributed by atoms with Crippen LogP contribution in [0, 0.1) is 5.82 Å². The maximum atomic E-state index is 13.6. The van der Waals surface area contributed by atoms with Gasteiger partial charge in [0.05, 0.1) is 12.6 Å². The van der Waals surface area contributed by atoms with E-state index < -0.39 is 0 Å². The Kier molecular flexibility index (Phi) is 5.15. The molecule has 3 heterocycles. The van der Waals surface area contributed by atoms with Crippen molar-refractivity contribution in [3.05, 3.63) is 52.3 Å². The van der Waals surface area contributed by atoms with Gasteiger partial charge in [0.15, 0.2) is 0 Å². The fourth-order valence-corrected chi connectivity index (χ4v) is 3.67. The lowest BCUT2D eigenvalue weighted by Gasteiger charge is -2.18. The molecule has 1 atom stereocenters. The third-order valence-corrected chi connectivity index (χ3v) is 5.06. The van der Waals surface area contributed by atoms with E-state index >= 15 is 0 Å². The molecule has 1 amide bonds. The number of aryl methyl sites for hydroxylation is 1. The number of halogens is 1. The van der Waals surface area contributed by atoms with Crippen molar-refractivity contribution in [1.82, 2.24) is 15.5 Å². The van der Waals surface area contributed by atoms with Crippen molar-refractivity contribution in [2.75, 3.05) is 6.61 Å². The fourth-order valence-electron chi connectivity index (χ4n) is 3.04. The number of carbonyl (C=O) groups is 1. The van der Waals surface area contributed by atoms with E-state index in [1.54, 1.807) is 17.4 Å². The highest BCUT2D eigenvalue weighted by Gasteiger charge is 2.22. The zero-order chi connectivity index (χ0) is 18.6. The molecule has 3 aromatic rings. The molecule has 0 aliphatic carbocycles. The van der Waals surface area contributed by atoms with E-state index in [0.717, 1.165) is 12.0 Å². The predicted molar refractivity (Wildman–Crippen MR) is 97.9 cm³/mol. The molecular weight excluding hydrogens is 369 g/mol. The molecule has 4 rings (SSSR count). The fraction of sp³-hybridized carbons (Fsp3) is 0.316. The second kappa shape index (κ2) is 7.87. The molecule has 0 fully saturated rings. The third-order valence-electron chi connectivity index (χ3n) is 4.38. The van der Waals surface area contributed by atoms with Crippen LogP contribution in [0.4, 0.5) is 4.39 Å². The van der Waals surface area contributed by atoms with Crippen LogP contribution < -0.4 is 10.1 Å². The Balaban J connectivity index is 1.38. The second-order valence-electron chi connectivity index (χ2n) is 6.31. The molecule has 1 aliphatic heterocycles. The summed E-state index contributed by atoms with van der Waals surface area (Å²) < 4.78 is 24.9. The molecular formula is C19H18FN3O3S. The first-order valence-electron chi connectivity index (χ1n) is 8.75. The van der Waals surface area contributed by atoms with Crippen LogP contribution in [0.15, 0.2) is 39.4 Å². The minimum atomic E-state index is -0.342. The maximum Gasteiger partial charge on any atom is 0.248 e. The van der Waals surface area contributed by atoms with Gasteiger partial charge in [-0.1, -0.05) is 0 Å². The van der Waals surface area contributed by atoms with Crippen LogP contribution in [-0.2, 0) is 11.2 Å². The Morgan fingerprint density at radius 3 is 3.11 bits per heavy atom. The van der Waals surface area contributed by atoms with Gasteiger partial charge in [0.1, 0.15) is 11.6 Å². The van der Waals surface area contributed by atoms with Gasteiger partial charge >= 0.3 is 0 Å².